The molecule has 2 N–H and O–H groups in total. The molecule has 0 saturated heterocycles. The summed E-state index contributed by atoms with van der Waals surface area (Å²) in [6.45, 7) is 0. The second-order valence-electron chi connectivity index (χ2n) is 2.35. The van der Waals surface area contributed by atoms with Gasteiger partial charge in [0.1, 0.15) is 5.82 Å². The highest BCUT2D eigenvalue weighted by Gasteiger charge is 2.32. The minimum atomic E-state index is -4.89. The van der Waals surface area contributed by atoms with Crippen LogP contribution in [-0.4, -0.2) is 6.36 Å². The van der Waals surface area contributed by atoms with Gasteiger partial charge < -0.3 is 15.4 Å². The first kappa shape index (κ1) is 10.7. The van der Waals surface area contributed by atoms with Crippen molar-refractivity contribution < 1.29 is 27.8 Å². The standard InChI is InChI=1S/C7H5F4NO2/c8-4-1-2-6(5(3-4)12-13)14-7(9,10)11/h1-3H,12H2. The van der Waals surface area contributed by atoms with Crippen LogP contribution in [0.2, 0.25) is 0 Å². The van der Waals surface area contributed by atoms with E-state index in [-0.39, 0.29) is 5.48 Å². The number of halogens is 4. The van der Waals surface area contributed by atoms with Gasteiger partial charge in [0.2, 0.25) is 0 Å². The van der Waals surface area contributed by atoms with Gasteiger partial charge in [0, 0.05) is 6.07 Å². The Hall–Kier alpha value is -1.34. The molecule has 0 atom stereocenters. The maximum atomic E-state index is 12.5. The zero-order valence-corrected chi connectivity index (χ0v) is 6.64. The van der Waals surface area contributed by atoms with E-state index in [4.69, 9.17) is 0 Å². The zero-order chi connectivity index (χ0) is 10.8. The molecule has 0 heterocycles. The van der Waals surface area contributed by atoms with Gasteiger partial charge in [-0.3, -0.25) is 0 Å². The molecule has 0 radical (unpaired) electrons. The molecule has 0 amide bonds. The summed E-state index contributed by atoms with van der Waals surface area (Å²) in [4.78, 5) is 0. The molecule has 14 heavy (non-hydrogen) atoms. The van der Waals surface area contributed by atoms with Crippen molar-refractivity contribution in [1.82, 2.24) is 0 Å². The quantitative estimate of drug-likeness (QED) is 0.456. The molecule has 1 rings (SSSR count). The van der Waals surface area contributed by atoms with E-state index in [2.05, 4.69) is 4.74 Å². The average Bonchev–Trinajstić information content (AvgIpc) is 2.06. The van der Waals surface area contributed by atoms with Crippen molar-refractivity contribution in [3.63, 3.8) is 0 Å². The van der Waals surface area contributed by atoms with Gasteiger partial charge >= 0.3 is 6.36 Å². The van der Waals surface area contributed by atoms with E-state index in [9.17, 15) is 22.8 Å². The van der Waals surface area contributed by atoms with Gasteiger partial charge in [-0.05, 0) is 12.1 Å². The first-order valence-corrected chi connectivity index (χ1v) is 3.43. The highest BCUT2D eigenvalue weighted by Crippen LogP contribution is 2.27. The molecule has 0 fully saturated rings. The lowest BCUT2D eigenvalue weighted by Gasteiger charge is -2.11. The van der Waals surface area contributed by atoms with E-state index in [1.54, 1.807) is 0 Å². The Morgan fingerprint density at radius 1 is 1.29 bits per heavy atom. The average molecular weight is 211 g/mol. The molecule has 0 aliphatic heterocycles. The predicted molar refractivity (Wildman–Crippen MR) is 38.0 cm³/mol. The second-order valence-corrected chi connectivity index (χ2v) is 2.35. The number of rotatable bonds is 2. The monoisotopic (exact) mass is 211 g/mol. The van der Waals surface area contributed by atoms with Crippen LogP contribution >= 0.6 is 0 Å². The van der Waals surface area contributed by atoms with Crippen molar-refractivity contribution in [2.24, 2.45) is 0 Å². The molecule has 1 aromatic rings. The van der Waals surface area contributed by atoms with Crippen LogP contribution in [0.5, 0.6) is 5.75 Å². The molecule has 7 heteroatoms. The SMILES string of the molecule is [O-][NH2+]c1cc(F)ccc1OC(F)(F)F. The highest BCUT2D eigenvalue weighted by molar-refractivity contribution is 5.45. The number of alkyl halides is 3. The summed E-state index contributed by atoms with van der Waals surface area (Å²) in [5.41, 5.74) is -0.397. The molecule has 0 saturated carbocycles. The fraction of sp³-hybridized carbons (Fsp3) is 0.143. The van der Waals surface area contributed by atoms with Crippen LogP contribution in [0.25, 0.3) is 0 Å². The maximum Gasteiger partial charge on any atom is 0.573 e. The van der Waals surface area contributed by atoms with Crippen LogP contribution in [-0.2, 0) is 0 Å². The predicted octanol–water partition coefficient (Wildman–Crippen LogP) is 1.42. The number of hydrogen-bond acceptors (Lipinski definition) is 2. The van der Waals surface area contributed by atoms with Crippen molar-refractivity contribution in [2.75, 3.05) is 0 Å². The molecule has 0 aliphatic rings. The fourth-order valence-corrected chi connectivity index (χ4v) is 0.829. The van der Waals surface area contributed by atoms with Gasteiger partial charge in [0.05, 0.1) is 0 Å². The summed E-state index contributed by atoms with van der Waals surface area (Å²) in [7, 11) is 0. The topological polar surface area (TPSA) is 48.9 Å². The molecule has 1 aromatic carbocycles. The van der Waals surface area contributed by atoms with Crippen molar-refractivity contribution in [3.8, 4) is 5.75 Å². The third-order valence-corrected chi connectivity index (χ3v) is 1.32. The Kier molecular flexibility index (Phi) is 2.92. The number of nitrogens with two attached hydrogens (primary N) is 1. The summed E-state index contributed by atoms with van der Waals surface area (Å²) in [6, 6.07) is 2.18. The van der Waals surface area contributed by atoms with Crippen molar-refractivity contribution in [2.45, 2.75) is 6.36 Å². The maximum absolute atomic E-state index is 12.5. The fourth-order valence-electron chi connectivity index (χ4n) is 0.829. The van der Waals surface area contributed by atoms with E-state index >= 15 is 0 Å². The Bertz CT molecular complexity index is 326. The zero-order valence-electron chi connectivity index (χ0n) is 6.64. The molecule has 0 aliphatic carbocycles. The minimum absolute atomic E-state index is 0.0875. The smallest absolute Gasteiger partial charge is 0.573 e. The lowest BCUT2D eigenvalue weighted by molar-refractivity contribution is -0.499. The summed E-state index contributed by atoms with van der Waals surface area (Å²) < 4.78 is 51.1. The Labute approximate surface area is 75.9 Å². The second kappa shape index (κ2) is 3.81. The lowest BCUT2D eigenvalue weighted by Crippen LogP contribution is -2.70. The molecule has 78 valence electrons. The third-order valence-electron chi connectivity index (χ3n) is 1.32. The minimum Gasteiger partial charge on any atom is -0.630 e. The Morgan fingerprint density at radius 2 is 1.93 bits per heavy atom. The lowest BCUT2D eigenvalue weighted by atomic mass is 10.3. The molecule has 0 aromatic heterocycles. The molecular formula is C7H5F4NO2. The van der Waals surface area contributed by atoms with Crippen molar-refractivity contribution >= 4 is 5.69 Å². The van der Waals surface area contributed by atoms with Crippen molar-refractivity contribution in [1.29, 1.82) is 0 Å². The Balaban J connectivity index is 2.97. The normalized spacial score (nSPS) is 11.5. The van der Waals surface area contributed by atoms with Gasteiger partial charge in [0.25, 0.3) is 0 Å². The summed E-state index contributed by atoms with van der Waals surface area (Å²) >= 11 is 0. The molecule has 0 bridgehead atoms. The molecule has 0 spiro atoms. The van der Waals surface area contributed by atoms with Gasteiger partial charge in [-0.25, -0.2) is 4.39 Å². The van der Waals surface area contributed by atoms with Gasteiger partial charge in [-0.15, -0.1) is 13.2 Å². The number of ether oxygens (including phenoxy) is 1. The molecule has 0 unspecified atom stereocenters. The van der Waals surface area contributed by atoms with Crippen LogP contribution in [0.15, 0.2) is 18.2 Å². The van der Waals surface area contributed by atoms with Gasteiger partial charge in [0.15, 0.2) is 11.4 Å². The number of benzene rings is 1. The summed E-state index contributed by atoms with van der Waals surface area (Å²) in [5, 5.41) is 10.3. The summed E-state index contributed by atoms with van der Waals surface area (Å²) in [6.07, 6.45) is -4.89. The van der Waals surface area contributed by atoms with E-state index in [0.29, 0.717) is 6.07 Å². The van der Waals surface area contributed by atoms with Gasteiger partial charge in [-0.2, -0.15) is 0 Å². The van der Waals surface area contributed by atoms with E-state index in [1.807, 2.05) is 0 Å². The summed E-state index contributed by atoms with van der Waals surface area (Å²) in [5.74, 6) is -1.52. The highest BCUT2D eigenvalue weighted by atomic mass is 19.4. The van der Waals surface area contributed by atoms with E-state index < -0.39 is 23.6 Å². The first-order chi connectivity index (χ1) is 6.42. The van der Waals surface area contributed by atoms with Crippen molar-refractivity contribution in [3.05, 3.63) is 29.2 Å². The largest absolute Gasteiger partial charge is 0.630 e. The van der Waals surface area contributed by atoms with Crippen LogP contribution in [0.4, 0.5) is 23.2 Å². The number of hydrogen-bond donors (Lipinski definition) is 1. The van der Waals surface area contributed by atoms with Crippen LogP contribution in [0, 0.1) is 11.0 Å². The van der Waals surface area contributed by atoms with E-state index in [0.717, 1.165) is 12.1 Å². The van der Waals surface area contributed by atoms with E-state index in [1.165, 1.54) is 0 Å². The van der Waals surface area contributed by atoms with Crippen LogP contribution in [0.3, 0.4) is 0 Å². The van der Waals surface area contributed by atoms with Crippen LogP contribution in [0.1, 0.15) is 0 Å². The molecular weight excluding hydrogens is 206 g/mol. The van der Waals surface area contributed by atoms with Gasteiger partial charge in [-0.1, -0.05) is 0 Å². The third kappa shape index (κ3) is 2.86. The van der Waals surface area contributed by atoms with Crippen LogP contribution < -0.4 is 10.2 Å². The Morgan fingerprint density at radius 3 is 2.43 bits per heavy atom. The number of quaternary nitrogens is 1. The first-order valence-electron chi connectivity index (χ1n) is 3.43. The molecule has 3 nitrogen and oxygen atoms in total.